The fourth-order valence-corrected chi connectivity index (χ4v) is 3.30. The third-order valence-corrected chi connectivity index (χ3v) is 5.01. The molecule has 2 heterocycles. The zero-order valence-corrected chi connectivity index (χ0v) is 17.2. The first-order valence-corrected chi connectivity index (χ1v) is 10.3. The Morgan fingerprint density at radius 2 is 2.14 bits per heavy atom. The molecule has 0 spiro atoms. The normalized spacial score (nSPS) is 15.6. The highest BCUT2D eigenvalue weighted by Crippen LogP contribution is 2.31. The van der Waals surface area contributed by atoms with Gasteiger partial charge in [-0.2, -0.15) is 0 Å². The molecule has 0 saturated carbocycles. The average Bonchev–Trinajstić information content (AvgIpc) is 3.14. The lowest BCUT2D eigenvalue weighted by atomic mass is 10.0. The van der Waals surface area contributed by atoms with E-state index in [4.69, 9.17) is 14.2 Å². The van der Waals surface area contributed by atoms with Gasteiger partial charge < -0.3 is 14.2 Å². The van der Waals surface area contributed by atoms with E-state index < -0.39 is 6.29 Å². The van der Waals surface area contributed by atoms with Crippen LogP contribution in [0.15, 0.2) is 42.6 Å². The summed E-state index contributed by atoms with van der Waals surface area (Å²) >= 11 is 0. The molecule has 0 aliphatic carbocycles. The molecule has 29 heavy (non-hydrogen) atoms. The van der Waals surface area contributed by atoms with Crippen LogP contribution >= 0.6 is 0 Å². The lowest BCUT2D eigenvalue weighted by Crippen LogP contribution is -2.06. The summed E-state index contributed by atoms with van der Waals surface area (Å²) in [4.78, 5) is 16.4. The van der Waals surface area contributed by atoms with Crippen LogP contribution in [0, 0.1) is 6.92 Å². The van der Waals surface area contributed by atoms with Crippen molar-refractivity contribution in [2.45, 2.75) is 59.0 Å². The minimum Gasteiger partial charge on any atom is -0.463 e. The molecule has 0 saturated heterocycles. The van der Waals surface area contributed by atoms with Gasteiger partial charge >= 0.3 is 5.97 Å². The second-order valence-corrected chi connectivity index (χ2v) is 7.21. The number of hydrogen-bond donors (Lipinski definition) is 0. The van der Waals surface area contributed by atoms with Crippen molar-refractivity contribution in [2.24, 2.45) is 0 Å². The Morgan fingerprint density at radius 3 is 3.00 bits per heavy atom. The quantitative estimate of drug-likeness (QED) is 0.311. The van der Waals surface area contributed by atoms with Gasteiger partial charge in [-0.15, -0.1) is 0 Å². The monoisotopic (exact) mass is 395 g/mol. The van der Waals surface area contributed by atoms with E-state index in [2.05, 4.69) is 11.9 Å². The van der Waals surface area contributed by atoms with Gasteiger partial charge in [0, 0.05) is 17.8 Å². The molecule has 1 unspecified atom stereocenters. The summed E-state index contributed by atoms with van der Waals surface area (Å²) in [6.07, 6.45) is 8.91. The van der Waals surface area contributed by atoms with Crippen molar-refractivity contribution in [3.05, 3.63) is 70.6 Å². The number of fused-ring (bicyclic) bond motifs is 1. The number of benzene rings is 1. The van der Waals surface area contributed by atoms with Crippen LogP contribution < -0.4 is 0 Å². The Morgan fingerprint density at radius 1 is 1.24 bits per heavy atom. The first-order valence-electron chi connectivity index (χ1n) is 10.3. The molecule has 0 radical (unpaired) electrons. The summed E-state index contributed by atoms with van der Waals surface area (Å²) in [6, 6.07) is 9.87. The molecule has 2 aromatic rings. The fraction of sp³-hybridized carbons (Fsp3) is 0.417. The van der Waals surface area contributed by atoms with Crippen molar-refractivity contribution < 1.29 is 19.0 Å². The number of nitrogens with zero attached hydrogens (tertiary/aromatic N) is 1. The van der Waals surface area contributed by atoms with Gasteiger partial charge in [0.25, 0.3) is 0 Å². The third-order valence-electron chi connectivity index (χ3n) is 5.01. The van der Waals surface area contributed by atoms with Crippen LogP contribution in [0.4, 0.5) is 0 Å². The summed E-state index contributed by atoms with van der Waals surface area (Å²) in [5.41, 5.74) is 4.95. The van der Waals surface area contributed by atoms with Crippen molar-refractivity contribution in [3.8, 4) is 0 Å². The minimum absolute atomic E-state index is 0.313. The van der Waals surface area contributed by atoms with E-state index in [-0.39, 0.29) is 5.97 Å². The number of carbonyl (C=O) groups excluding carboxylic acids is 1. The highest BCUT2D eigenvalue weighted by atomic mass is 16.7. The molecule has 154 valence electrons. The number of esters is 1. The lowest BCUT2D eigenvalue weighted by Gasteiger charge is -2.15. The Labute approximate surface area is 172 Å². The SMILES string of the molecule is CCCCCCOC(=O)/C=C/c1cccc(C)c1COC1OCc2cccnc21. The molecule has 1 aromatic carbocycles. The zero-order chi connectivity index (χ0) is 20.5. The molecule has 1 atom stereocenters. The molecule has 0 N–H and O–H groups in total. The van der Waals surface area contributed by atoms with E-state index in [0.29, 0.717) is 19.8 Å². The van der Waals surface area contributed by atoms with Gasteiger partial charge in [-0.1, -0.05) is 50.5 Å². The number of hydrogen-bond acceptors (Lipinski definition) is 5. The van der Waals surface area contributed by atoms with Crippen molar-refractivity contribution in [2.75, 3.05) is 6.61 Å². The summed E-state index contributed by atoms with van der Waals surface area (Å²) < 4.78 is 17.0. The van der Waals surface area contributed by atoms with Crippen molar-refractivity contribution in [3.63, 3.8) is 0 Å². The summed E-state index contributed by atoms with van der Waals surface area (Å²) in [5.74, 6) is -0.313. The number of pyridine rings is 1. The highest BCUT2D eigenvalue weighted by molar-refractivity contribution is 5.87. The third kappa shape index (κ3) is 5.99. The van der Waals surface area contributed by atoms with E-state index in [0.717, 1.165) is 40.8 Å². The van der Waals surface area contributed by atoms with Gasteiger partial charge in [0.15, 0.2) is 0 Å². The molecule has 5 nitrogen and oxygen atoms in total. The molecular weight excluding hydrogens is 366 g/mol. The lowest BCUT2D eigenvalue weighted by molar-refractivity contribution is -0.147. The Hall–Kier alpha value is -2.50. The van der Waals surface area contributed by atoms with Gasteiger partial charge in [0.2, 0.25) is 6.29 Å². The Kier molecular flexibility index (Phi) is 7.96. The van der Waals surface area contributed by atoms with E-state index in [9.17, 15) is 4.79 Å². The van der Waals surface area contributed by atoms with Crippen molar-refractivity contribution in [1.82, 2.24) is 4.98 Å². The summed E-state index contributed by atoms with van der Waals surface area (Å²) in [7, 11) is 0. The van der Waals surface area contributed by atoms with Gasteiger partial charge in [-0.3, -0.25) is 4.98 Å². The maximum absolute atomic E-state index is 12.0. The highest BCUT2D eigenvalue weighted by Gasteiger charge is 2.25. The van der Waals surface area contributed by atoms with Gasteiger partial charge in [-0.25, -0.2) is 4.79 Å². The van der Waals surface area contributed by atoms with Crippen molar-refractivity contribution in [1.29, 1.82) is 0 Å². The van der Waals surface area contributed by atoms with E-state index in [1.54, 1.807) is 12.3 Å². The standard InChI is InChI=1S/C24H29NO4/c1-3-4-5-6-15-27-22(26)13-12-19-10-7-9-18(2)21(19)17-29-24-23-20(16-28-24)11-8-14-25-23/h7-14,24H,3-6,15-17H2,1-2H3/b13-12+. The molecule has 3 rings (SSSR count). The second-order valence-electron chi connectivity index (χ2n) is 7.21. The predicted octanol–water partition coefficient (Wildman–Crippen LogP) is 5.27. The largest absolute Gasteiger partial charge is 0.463 e. The van der Waals surface area contributed by atoms with Crippen LogP contribution in [0.3, 0.4) is 0 Å². The first-order chi connectivity index (χ1) is 14.2. The predicted molar refractivity (Wildman–Crippen MR) is 112 cm³/mol. The van der Waals surface area contributed by atoms with E-state index in [1.807, 2.05) is 37.3 Å². The van der Waals surface area contributed by atoms with Crippen LogP contribution in [0.5, 0.6) is 0 Å². The minimum atomic E-state index is -0.462. The maximum atomic E-state index is 12.0. The Balaban J connectivity index is 1.58. The number of aromatic nitrogens is 1. The van der Waals surface area contributed by atoms with Crippen LogP contribution in [0.2, 0.25) is 0 Å². The average molecular weight is 395 g/mol. The van der Waals surface area contributed by atoms with Crippen molar-refractivity contribution >= 4 is 12.0 Å². The molecule has 5 heteroatoms. The molecule has 1 aromatic heterocycles. The molecule has 0 amide bonds. The first kappa shape index (κ1) is 21.2. The van der Waals surface area contributed by atoms with Gasteiger partial charge in [0.1, 0.15) is 5.69 Å². The number of ether oxygens (including phenoxy) is 3. The van der Waals surface area contributed by atoms with Crippen LogP contribution in [-0.2, 0) is 32.2 Å². The number of unbranched alkanes of at least 4 members (excludes halogenated alkanes) is 3. The van der Waals surface area contributed by atoms with E-state index >= 15 is 0 Å². The number of rotatable bonds is 10. The topological polar surface area (TPSA) is 57.7 Å². The number of aryl methyl sites for hydroxylation is 1. The maximum Gasteiger partial charge on any atom is 0.330 e. The smallest absolute Gasteiger partial charge is 0.330 e. The van der Waals surface area contributed by atoms with Crippen LogP contribution in [0.25, 0.3) is 6.08 Å². The fourth-order valence-electron chi connectivity index (χ4n) is 3.30. The molecule has 0 bridgehead atoms. The summed E-state index contributed by atoms with van der Waals surface area (Å²) in [6.45, 7) is 5.55. The second kappa shape index (κ2) is 10.9. The summed E-state index contributed by atoms with van der Waals surface area (Å²) in [5, 5.41) is 0. The zero-order valence-electron chi connectivity index (χ0n) is 17.2. The van der Waals surface area contributed by atoms with Crippen LogP contribution in [-0.4, -0.2) is 17.6 Å². The van der Waals surface area contributed by atoms with Gasteiger partial charge in [-0.05, 0) is 42.2 Å². The van der Waals surface area contributed by atoms with Crippen LogP contribution in [0.1, 0.15) is 66.8 Å². The molecule has 1 aliphatic rings. The Bertz CT molecular complexity index is 847. The van der Waals surface area contributed by atoms with E-state index in [1.165, 1.54) is 18.9 Å². The van der Waals surface area contributed by atoms with Gasteiger partial charge in [0.05, 0.1) is 19.8 Å². The molecular formula is C24H29NO4. The molecule has 1 aliphatic heterocycles. The number of carbonyl (C=O) groups is 1. The molecule has 0 fully saturated rings.